The Kier molecular flexibility index (Phi) is 4.39. The van der Waals surface area contributed by atoms with Gasteiger partial charge in [-0.3, -0.25) is 0 Å². The van der Waals surface area contributed by atoms with Gasteiger partial charge in [-0.15, -0.1) is 0 Å². The maximum atomic E-state index is 6.06. The van der Waals surface area contributed by atoms with Gasteiger partial charge in [0.2, 0.25) is 0 Å². The summed E-state index contributed by atoms with van der Waals surface area (Å²) in [5.41, 5.74) is 13.4. The Morgan fingerprint density at radius 1 is 1.47 bits per heavy atom. The third-order valence-corrected chi connectivity index (χ3v) is 2.57. The lowest BCUT2D eigenvalue weighted by molar-refractivity contribution is 0.340. The fraction of sp³-hybridized carbons (Fsp3) is 0.455. The average Bonchev–Trinajstić information content (AvgIpc) is 2.22. The molecule has 0 radical (unpaired) electrons. The van der Waals surface area contributed by atoms with E-state index in [1.165, 1.54) is 0 Å². The van der Waals surface area contributed by atoms with E-state index in [4.69, 9.17) is 27.8 Å². The zero-order valence-electron chi connectivity index (χ0n) is 9.09. The van der Waals surface area contributed by atoms with E-state index in [2.05, 4.69) is 0 Å². The number of halogens is 1. The van der Waals surface area contributed by atoms with Crippen molar-refractivity contribution in [2.45, 2.75) is 19.9 Å². The monoisotopic (exact) mass is 228 g/mol. The lowest BCUT2D eigenvalue weighted by Crippen LogP contribution is -2.21. The molecule has 0 fully saturated rings. The van der Waals surface area contributed by atoms with Crippen LogP contribution in [-0.2, 0) is 0 Å². The molecule has 0 aliphatic rings. The van der Waals surface area contributed by atoms with Crippen LogP contribution in [0.15, 0.2) is 12.1 Å². The van der Waals surface area contributed by atoms with E-state index in [0.717, 1.165) is 11.1 Å². The van der Waals surface area contributed by atoms with Gasteiger partial charge in [0.05, 0.1) is 11.6 Å². The topological polar surface area (TPSA) is 61.3 Å². The minimum absolute atomic E-state index is 0.168. The van der Waals surface area contributed by atoms with E-state index in [9.17, 15) is 0 Å². The summed E-state index contributed by atoms with van der Waals surface area (Å²) < 4.78 is 5.38. The normalized spacial score (nSPS) is 12.6. The number of nitrogens with two attached hydrogens (primary N) is 2. The van der Waals surface area contributed by atoms with Crippen molar-refractivity contribution < 1.29 is 4.74 Å². The van der Waals surface area contributed by atoms with Gasteiger partial charge < -0.3 is 16.2 Å². The average molecular weight is 229 g/mol. The predicted octanol–water partition coefficient (Wildman–Crippen LogP) is 2.01. The quantitative estimate of drug-likeness (QED) is 0.829. The van der Waals surface area contributed by atoms with E-state index < -0.39 is 0 Å². The number of benzene rings is 1. The molecule has 1 atom stereocenters. The first-order valence-electron chi connectivity index (χ1n) is 4.98. The Labute approximate surface area is 95.4 Å². The summed E-state index contributed by atoms with van der Waals surface area (Å²) in [6, 6.07) is 3.56. The van der Waals surface area contributed by atoms with Crippen molar-refractivity contribution in [1.82, 2.24) is 0 Å². The maximum Gasteiger partial charge on any atom is 0.138 e. The van der Waals surface area contributed by atoms with Crippen LogP contribution in [0.3, 0.4) is 0 Å². The Bertz CT molecular complexity index is 342. The molecule has 15 heavy (non-hydrogen) atoms. The Morgan fingerprint density at radius 2 is 2.13 bits per heavy atom. The van der Waals surface area contributed by atoms with E-state index in [1.54, 1.807) is 0 Å². The summed E-state index contributed by atoms with van der Waals surface area (Å²) in [5.74, 6) is 0.699. The van der Waals surface area contributed by atoms with Gasteiger partial charge in [0, 0.05) is 12.6 Å². The second-order valence-electron chi connectivity index (χ2n) is 3.41. The Balaban J connectivity index is 3.07. The first-order chi connectivity index (χ1) is 7.10. The molecule has 1 unspecified atom stereocenters. The fourth-order valence-electron chi connectivity index (χ4n) is 1.46. The molecule has 0 bridgehead atoms. The smallest absolute Gasteiger partial charge is 0.138 e. The molecule has 0 aliphatic carbocycles. The largest absolute Gasteiger partial charge is 0.492 e. The first-order valence-corrected chi connectivity index (χ1v) is 5.36. The fourth-order valence-corrected chi connectivity index (χ4v) is 1.69. The molecule has 4 N–H and O–H groups in total. The highest BCUT2D eigenvalue weighted by Gasteiger charge is 2.11. The van der Waals surface area contributed by atoms with Gasteiger partial charge in [-0.2, -0.15) is 0 Å². The molecule has 84 valence electrons. The van der Waals surface area contributed by atoms with Crippen LogP contribution in [0.4, 0.5) is 0 Å². The molecular weight excluding hydrogens is 212 g/mol. The molecule has 0 aliphatic heterocycles. The van der Waals surface area contributed by atoms with Crippen LogP contribution in [0.25, 0.3) is 0 Å². The number of aryl methyl sites for hydroxylation is 1. The van der Waals surface area contributed by atoms with Crippen LogP contribution in [0.1, 0.15) is 24.1 Å². The van der Waals surface area contributed by atoms with Crippen LogP contribution in [0, 0.1) is 6.92 Å². The molecule has 0 saturated carbocycles. The molecule has 1 aromatic rings. The molecule has 0 saturated heterocycles. The highest BCUT2D eigenvalue weighted by Crippen LogP contribution is 2.30. The van der Waals surface area contributed by atoms with Crippen molar-refractivity contribution >= 4 is 11.6 Å². The standard InChI is InChI=1S/C11H17ClN2O/c1-3-15-11-4-7(2)8(5-9(11)12)10(14)6-13/h4-5,10H,3,6,13-14H2,1-2H3. The zero-order chi connectivity index (χ0) is 11.4. The second-order valence-corrected chi connectivity index (χ2v) is 3.82. The van der Waals surface area contributed by atoms with Gasteiger partial charge >= 0.3 is 0 Å². The summed E-state index contributed by atoms with van der Waals surface area (Å²) >= 11 is 6.06. The molecule has 0 spiro atoms. The van der Waals surface area contributed by atoms with Crippen molar-refractivity contribution in [3.63, 3.8) is 0 Å². The van der Waals surface area contributed by atoms with Gasteiger partial charge in [-0.1, -0.05) is 11.6 Å². The minimum Gasteiger partial charge on any atom is -0.492 e. The molecule has 3 nitrogen and oxygen atoms in total. The minimum atomic E-state index is -0.168. The number of hydrogen-bond acceptors (Lipinski definition) is 3. The van der Waals surface area contributed by atoms with Crippen molar-refractivity contribution in [2.24, 2.45) is 11.5 Å². The van der Waals surface area contributed by atoms with E-state index >= 15 is 0 Å². The third-order valence-electron chi connectivity index (χ3n) is 2.27. The molecule has 1 rings (SSSR count). The van der Waals surface area contributed by atoms with Gasteiger partial charge in [0.1, 0.15) is 5.75 Å². The molecule has 4 heteroatoms. The van der Waals surface area contributed by atoms with E-state index in [-0.39, 0.29) is 6.04 Å². The SMILES string of the molecule is CCOc1cc(C)c(C(N)CN)cc1Cl. The van der Waals surface area contributed by atoms with Crippen molar-refractivity contribution in [1.29, 1.82) is 0 Å². The molecule has 0 heterocycles. The highest BCUT2D eigenvalue weighted by atomic mass is 35.5. The summed E-state index contributed by atoms with van der Waals surface area (Å²) in [5, 5.41) is 0.585. The molecular formula is C11H17ClN2O. The second kappa shape index (κ2) is 5.35. The number of hydrogen-bond donors (Lipinski definition) is 2. The van der Waals surface area contributed by atoms with E-state index in [1.807, 2.05) is 26.0 Å². The van der Waals surface area contributed by atoms with Crippen LogP contribution in [-0.4, -0.2) is 13.2 Å². The van der Waals surface area contributed by atoms with Gasteiger partial charge in [0.15, 0.2) is 0 Å². The summed E-state index contributed by atoms with van der Waals surface area (Å²) in [6.45, 7) is 4.90. The summed E-state index contributed by atoms with van der Waals surface area (Å²) in [4.78, 5) is 0. The highest BCUT2D eigenvalue weighted by molar-refractivity contribution is 6.32. The predicted molar refractivity (Wildman–Crippen MR) is 63.3 cm³/mol. The first kappa shape index (κ1) is 12.3. The summed E-state index contributed by atoms with van der Waals surface area (Å²) in [6.07, 6.45) is 0. The lowest BCUT2D eigenvalue weighted by Gasteiger charge is -2.15. The Hall–Kier alpha value is -0.770. The van der Waals surface area contributed by atoms with Crippen LogP contribution in [0.2, 0.25) is 5.02 Å². The van der Waals surface area contributed by atoms with Crippen LogP contribution >= 0.6 is 11.6 Å². The zero-order valence-corrected chi connectivity index (χ0v) is 9.84. The van der Waals surface area contributed by atoms with Gasteiger partial charge in [-0.25, -0.2) is 0 Å². The number of ether oxygens (including phenoxy) is 1. The maximum absolute atomic E-state index is 6.06. The van der Waals surface area contributed by atoms with Crippen LogP contribution in [0.5, 0.6) is 5.75 Å². The van der Waals surface area contributed by atoms with E-state index in [0.29, 0.717) is 23.9 Å². The Morgan fingerprint density at radius 3 is 2.67 bits per heavy atom. The van der Waals surface area contributed by atoms with Crippen LogP contribution < -0.4 is 16.2 Å². The van der Waals surface area contributed by atoms with Gasteiger partial charge in [-0.05, 0) is 37.1 Å². The van der Waals surface area contributed by atoms with Gasteiger partial charge in [0.25, 0.3) is 0 Å². The molecule has 1 aromatic carbocycles. The van der Waals surface area contributed by atoms with Crippen molar-refractivity contribution in [2.75, 3.05) is 13.2 Å². The number of rotatable bonds is 4. The van der Waals surface area contributed by atoms with Crippen molar-refractivity contribution in [3.8, 4) is 5.75 Å². The summed E-state index contributed by atoms with van der Waals surface area (Å²) in [7, 11) is 0. The third kappa shape index (κ3) is 2.84. The molecule has 0 aromatic heterocycles. The molecule has 0 amide bonds. The van der Waals surface area contributed by atoms with Crippen molar-refractivity contribution in [3.05, 3.63) is 28.3 Å². The lowest BCUT2D eigenvalue weighted by atomic mass is 10.0.